The highest BCUT2D eigenvalue weighted by atomic mass is 14.7. The molecule has 0 unspecified atom stereocenters. The predicted octanol–water partition coefficient (Wildman–Crippen LogP) is 5.27. The molecule has 1 nitrogen and oxygen atoms in total. The molecule has 4 aromatic rings. The van der Waals surface area contributed by atoms with Gasteiger partial charge in [-0.1, -0.05) is 36.4 Å². The minimum atomic E-state index is 1.00. The molecule has 0 fully saturated rings. The molecule has 1 aliphatic carbocycles. The van der Waals surface area contributed by atoms with Crippen molar-refractivity contribution in [3.63, 3.8) is 0 Å². The summed E-state index contributed by atoms with van der Waals surface area (Å²) >= 11 is 0. The fourth-order valence-electron chi connectivity index (χ4n) is 3.71. The lowest BCUT2D eigenvalue weighted by molar-refractivity contribution is 1.19. The van der Waals surface area contributed by atoms with Crippen LogP contribution in [0, 0.1) is 6.92 Å². The Hall–Kier alpha value is -2.67. The molecule has 5 rings (SSSR count). The van der Waals surface area contributed by atoms with Crippen molar-refractivity contribution in [2.75, 3.05) is 0 Å². The van der Waals surface area contributed by atoms with Crippen molar-refractivity contribution in [2.45, 2.75) is 13.3 Å². The molecule has 1 aromatic heterocycles. The Morgan fingerprint density at radius 3 is 2.50 bits per heavy atom. The van der Waals surface area contributed by atoms with Gasteiger partial charge in [0, 0.05) is 18.2 Å². The van der Waals surface area contributed by atoms with Crippen molar-refractivity contribution in [1.82, 2.24) is 4.98 Å². The van der Waals surface area contributed by atoms with E-state index < -0.39 is 0 Å². The van der Waals surface area contributed by atoms with Crippen LogP contribution in [-0.4, -0.2) is 4.98 Å². The fourth-order valence-corrected chi connectivity index (χ4v) is 3.71. The topological polar surface area (TPSA) is 12.9 Å². The van der Waals surface area contributed by atoms with Crippen LogP contribution in [0.5, 0.6) is 0 Å². The van der Waals surface area contributed by atoms with Gasteiger partial charge >= 0.3 is 0 Å². The number of aromatic nitrogens is 1. The molecule has 3 aromatic carbocycles. The Balaban J connectivity index is 1.88. The maximum absolute atomic E-state index is 4.63. The number of hydrogen-bond donors (Lipinski definition) is 0. The van der Waals surface area contributed by atoms with Crippen LogP contribution in [-0.2, 0) is 6.42 Å². The van der Waals surface area contributed by atoms with E-state index in [4.69, 9.17) is 0 Å². The standard InChI is InChI=1S/C21H15N/c1-13-8-9-22-21-17-7-6-16-10-14-4-2-3-5-15(14)11-19(16)20(17)12-18(13)21/h2-11H,12H2,1H3. The Morgan fingerprint density at radius 2 is 1.64 bits per heavy atom. The molecule has 1 aliphatic rings. The monoisotopic (exact) mass is 281 g/mol. The molecule has 0 spiro atoms. The van der Waals surface area contributed by atoms with Gasteiger partial charge in [-0.05, 0) is 63.4 Å². The summed E-state index contributed by atoms with van der Waals surface area (Å²) in [6.45, 7) is 2.18. The summed E-state index contributed by atoms with van der Waals surface area (Å²) in [6.07, 6.45) is 2.92. The quantitative estimate of drug-likeness (QED) is 0.352. The summed E-state index contributed by atoms with van der Waals surface area (Å²) in [4.78, 5) is 4.63. The average molecular weight is 281 g/mol. The van der Waals surface area contributed by atoms with Gasteiger partial charge in [-0.25, -0.2) is 0 Å². The number of nitrogens with zero attached hydrogens (tertiary/aromatic N) is 1. The van der Waals surface area contributed by atoms with E-state index in [1.165, 1.54) is 49.5 Å². The first-order chi connectivity index (χ1) is 10.8. The minimum absolute atomic E-state index is 1.00. The van der Waals surface area contributed by atoms with Gasteiger partial charge in [0.2, 0.25) is 0 Å². The van der Waals surface area contributed by atoms with Crippen molar-refractivity contribution in [1.29, 1.82) is 0 Å². The average Bonchev–Trinajstić information content (AvgIpc) is 2.94. The molecule has 0 atom stereocenters. The Kier molecular flexibility index (Phi) is 2.26. The zero-order valence-electron chi connectivity index (χ0n) is 12.4. The van der Waals surface area contributed by atoms with Crippen LogP contribution in [0.1, 0.15) is 16.7 Å². The first-order valence-corrected chi connectivity index (χ1v) is 7.70. The summed E-state index contributed by atoms with van der Waals surface area (Å²) in [6, 6.07) is 19.8. The zero-order chi connectivity index (χ0) is 14.7. The molecule has 0 radical (unpaired) electrons. The van der Waals surface area contributed by atoms with Crippen molar-refractivity contribution in [3.8, 4) is 11.3 Å². The normalized spacial score (nSPS) is 12.6. The van der Waals surface area contributed by atoms with Crippen molar-refractivity contribution >= 4 is 21.5 Å². The third-order valence-electron chi connectivity index (χ3n) is 4.90. The van der Waals surface area contributed by atoms with E-state index in [0.29, 0.717) is 0 Å². The molecule has 0 amide bonds. The van der Waals surface area contributed by atoms with E-state index in [-0.39, 0.29) is 0 Å². The summed E-state index contributed by atoms with van der Waals surface area (Å²) in [5.41, 5.74) is 6.64. The van der Waals surface area contributed by atoms with Crippen LogP contribution in [0.3, 0.4) is 0 Å². The molecule has 0 N–H and O–H groups in total. The highest BCUT2D eigenvalue weighted by Crippen LogP contribution is 2.41. The largest absolute Gasteiger partial charge is 0.256 e. The van der Waals surface area contributed by atoms with Gasteiger partial charge < -0.3 is 0 Å². The van der Waals surface area contributed by atoms with Gasteiger partial charge in [0.1, 0.15) is 0 Å². The lowest BCUT2D eigenvalue weighted by Crippen LogP contribution is -1.88. The molecule has 1 heterocycles. The van der Waals surface area contributed by atoms with E-state index in [1.54, 1.807) is 0 Å². The van der Waals surface area contributed by atoms with E-state index in [9.17, 15) is 0 Å². The van der Waals surface area contributed by atoms with Gasteiger partial charge in [0.05, 0.1) is 5.69 Å². The molecule has 0 aliphatic heterocycles. The van der Waals surface area contributed by atoms with Gasteiger partial charge in [-0.3, -0.25) is 4.98 Å². The summed E-state index contributed by atoms with van der Waals surface area (Å²) < 4.78 is 0. The second kappa shape index (κ2) is 4.17. The molecule has 1 heteroatoms. The van der Waals surface area contributed by atoms with Crippen LogP contribution < -0.4 is 0 Å². The molecule has 0 saturated heterocycles. The van der Waals surface area contributed by atoms with Crippen LogP contribution in [0.25, 0.3) is 32.8 Å². The van der Waals surface area contributed by atoms with E-state index in [0.717, 1.165) is 6.42 Å². The molecular formula is C21H15N. The number of benzene rings is 3. The number of hydrogen-bond acceptors (Lipinski definition) is 1. The second-order valence-corrected chi connectivity index (χ2v) is 6.14. The zero-order valence-corrected chi connectivity index (χ0v) is 12.4. The first kappa shape index (κ1) is 11.9. The molecule has 0 bridgehead atoms. The lowest BCUT2D eigenvalue weighted by Gasteiger charge is -2.07. The SMILES string of the molecule is Cc1ccnc2c1Cc1c-2ccc2cc3ccccc3cc12. The molecular weight excluding hydrogens is 266 g/mol. The third-order valence-corrected chi connectivity index (χ3v) is 4.90. The maximum atomic E-state index is 4.63. The molecule has 22 heavy (non-hydrogen) atoms. The summed E-state index contributed by atoms with van der Waals surface area (Å²) in [5.74, 6) is 0. The lowest BCUT2D eigenvalue weighted by atomic mass is 9.97. The van der Waals surface area contributed by atoms with Crippen LogP contribution in [0.15, 0.2) is 60.8 Å². The highest BCUT2D eigenvalue weighted by molar-refractivity contribution is 6.03. The fraction of sp³-hybridized carbons (Fsp3) is 0.0952. The number of aryl methyl sites for hydroxylation is 1. The highest BCUT2D eigenvalue weighted by Gasteiger charge is 2.23. The van der Waals surface area contributed by atoms with Gasteiger partial charge in [-0.2, -0.15) is 0 Å². The number of rotatable bonds is 0. The molecule has 104 valence electrons. The first-order valence-electron chi connectivity index (χ1n) is 7.70. The van der Waals surface area contributed by atoms with Gasteiger partial charge in [0.15, 0.2) is 0 Å². The Bertz CT molecular complexity index is 1060. The Labute approximate surface area is 129 Å². The predicted molar refractivity (Wildman–Crippen MR) is 92.2 cm³/mol. The van der Waals surface area contributed by atoms with Crippen LogP contribution >= 0.6 is 0 Å². The minimum Gasteiger partial charge on any atom is -0.256 e. The smallest absolute Gasteiger partial charge is 0.0743 e. The molecule has 0 saturated carbocycles. The summed E-state index contributed by atoms with van der Waals surface area (Å²) in [5, 5.41) is 5.31. The van der Waals surface area contributed by atoms with Crippen molar-refractivity contribution < 1.29 is 0 Å². The number of pyridine rings is 1. The summed E-state index contributed by atoms with van der Waals surface area (Å²) in [7, 11) is 0. The van der Waals surface area contributed by atoms with E-state index in [1.807, 2.05) is 6.20 Å². The maximum Gasteiger partial charge on any atom is 0.0743 e. The van der Waals surface area contributed by atoms with Crippen LogP contribution in [0.2, 0.25) is 0 Å². The van der Waals surface area contributed by atoms with E-state index in [2.05, 4.69) is 66.5 Å². The third kappa shape index (κ3) is 1.51. The number of fused-ring (bicyclic) bond motifs is 6. The van der Waals surface area contributed by atoms with Gasteiger partial charge in [-0.15, -0.1) is 0 Å². The van der Waals surface area contributed by atoms with Crippen molar-refractivity contribution in [3.05, 3.63) is 77.5 Å². The Morgan fingerprint density at radius 1 is 0.818 bits per heavy atom. The second-order valence-electron chi connectivity index (χ2n) is 6.14. The van der Waals surface area contributed by atoms with E-state index >= 15 is 0 Å². The van der Waals surface area contributed by atoms with Gasteiger partial charge in [0.25, 0.3) is 0 Å². The van der Waals surface area contributed by atoms with Crippen molar-refractivity contribution in [2.24, 2.45) is 0 Å². The van der Waals surface area contributed by atoms with Crippen LogP contribution in [0.4, 0.5) is 0 Å².